The summed E-state index contributed by atoms with van der Waals surface area (Å²) in [5.74, 6) is 1.25. The van der Waals surface area contributed by atoms with Crippen LogP contribution in [0.3, 0.4) is 0 Å². The topological polar surface area (TPSA) is 75.2 Å². The van der Waals surface area contributed by atoms with Crippen LogP contribution < -0.4 is 15.2 Å². The number of hydrogen-bond donors (Lipinski definition) is 1. The Labute approximate surface area is 105 Å². The van der Waals surface area contributed by atoms with Crippen molar-refractivity contribution in [1.82, 2.24) is 14.8 Å². The Morgan fingerprint density at radius 1 is 1.28 bits per heavy atom. The average Bonchev–Trinajstić information content (AvgIpc) is 2.71. The second kappa shape index (κ2) is 5.39. The molecular weight excluding hydrogens is 232 g/mol. The number of aryl methyl sites for hydroxylation is 1. The van der Waals surface area contributed by atoms with Gasteiger partial charge in [0.15, 0.2) is 0 Å². The predicted octanol–water partition coefficient (Wildman–Crippen LogP) is 1.98. The van der Waals surface area contributed by atoms with Crippen molar-refractivity contribution in [2.75, 3.05) is 12.3 Å². The Balaban J connectivity index is 2.14. The average molecular weight is 248 g/mol. The van der Waals surface area contributed by atoms with Crippen LogP contribution in [0.15, 0.2) is 24.5 Å². The van der Waals surface area contributed by atoms with Crippen LogP contribution in [-0.4, -0.2) is 21.4 Å². The maximum Gasteiger partial charge on any atom is 0.340 e. The zero-order chi connectivity index (χ0) is 13.0. The van der Waals surface area contributed by atoms with Crippen LogP contribution in [0.2, 0.25) is 0 Å². The minimum atomic E-state index is 0.282. The summed E-state index contributed by atoms with van der Waals surface area (Å²) < 4.78 is 12.6. The molecule has 0 saturated heterocycles. The van der Waals surface area contributed by atoms with Crippen LogP contribution >= 0.6 is 0 Å². The third-order valence-corrected chi connectivity index (χ3v) is 2.16. The SMILES string of the molecule is CCCOc1cc(N)cc(Oc2ncn(C)n2)c1. The zero-order valence-corrected chi connectivity index (χ0v) is 10.5. The Morgan fingerprint density at radius 2 is 2.06 bits per heavy atom. The van der Waals surface area contributed by atoms with Crippen LogP contribution in [0.25, 0.3) is 0 Å². The fourth-order valence-electron chi connectivity index (χ4n) is 1.43. The van der Waals surface area contributed by atoms with Crippen molar-refractivity contribution >= 4 is 5.69 Å². The third kappa shape index (κ3) is 3.13. The number of anilines is 1. The number of benzene rings is 1. The number of aromatic nitrogens is 3. The summed E-state index contributed by atoms with van der Waals surface area (Å²) >= 11 is 0. The van der Waals surface area contributed by atoms with Crippen LogP contribution in [0.5, 0.6) is 17.5 Å². The van der Waals surface area contributed by atoms with E-state index in [1.165, 1.54) is 0 Å². The number of ether oxygens (including phenoxy) is 2. The number of rotatable bonds is 5. The third-order valence-electron chi connectivity index (χ3n) is 2.16. The molecule has 6 nitrogen and oxygen atoms in total. The zero-order valence-electron chi connectivity index (χ0n) is 10.5. The second-order valence-corrected chi connectivity index (χ2v) is 3.89. The monoisotopic (exact) mass is 248 g/mol. The smallest absolute Gasteiger partial charge is 0.340 e. The Bertz CT molecular complexity index is 525. The van der Waals surface area contributed by atoms with Crippen molar-refractivity contribution in [3.8, 4) is 17.5 Å². The molecule has 2 aromatic rings. The number of nitrogen functional groups attached to an aromatic ring is 1. The first kappa shape index (κ1) is 12.2. The molecule has 0 bridgehead atoms. The molecule has 1 heterocycles. The van der Waals surface area contributed by atoms with Crippen LogP contribution in [0.1, 0.15) is 13.3 Å². The van der Waals surface area contributed by atoms with E-state index in [2.05, 4.69) is 10.1 Å². The van der Waals surface area contributed by atoms with Gasteiger partial charge in [0.2, 0.25) is 0 Å². The molecule has 2 N–H and O–H groups in total. The summed E-state index contributed by atoms with van der Waals surface area (Å²) in [5.41, 5.74) is 6.36. The van der Waals surface area contributed by atoms with E-state index in [1.54, 1.807) is 36.3 Å². The molecule has 6 heteroatoms. The van der Waals surface area contributed by atoms with Gasteiger partial charge in [-0.25, -0.2) is 0 Å². The van der Waals surface area contributed by atoms with Crippen molar-refractivity contribution in [3.05, 3.63) is 24.5 Å². The largest absolute Gasteiger partial charge is 0.493 e. The van der Waals surface area contributed by atoms with Crippen molar-refractivity contribution < 1.29 is 9.47 Å². The first-order chi connectivity index (χ1) is 8.67. The van der Waals surface area contributed by atoms with E-state index in [9.17, 15) is 0 Å². The minimum absolute atomic E-state index is 0.282. The molecule has 0 aliphatic heterocycles. The summed E-state index contributed by atoms with van der Waals surface area (Å²) in [4.78, 5) is 3.98. The van der Waals surface area contributed by atoms with Gasteiger partial charge in [0.05, 0.1) is 6.61 Å². The van der Waals surface area contributed by atoms with Crippen LogP contribution in [0, 0.1) is 0 Å². The first-order valence-corrected chi connectivity index (χ1v) is 5.74. The van der Waals surface area contributed by atoms with E-state index in [1.807, 2.05) is 6.92 Å². The summed E-state index contributed by atoms with van der Waals surface area (Å²) in [6.45, 7) is 2.69. The molecule has 0 fully saturated rings. The minimum Gasteiger partial charge on any atom is -0.493 e. The quantitative estimate of drug-likeness (QED) is 0.819. The summed E-state index contributed by atoms with van der Waals surface area (Å²) in [5, 5.41) is 4.03. The fourth-order valence-corrected chi connectivity index (χ4v) is 1.43. The molecule has 18 heavy (non-hydrogen) atoms. The van der Waals surface area contributed by atoms with Gasteiger partial charge in [-0.1, -0.05) is 6.92 Å². The van der Waals surface area contributed by atoms with Gasteiger partial charge in [-0.05, 0) is 6.42 Å². The molecule has 1 aromatic heterocycles. The molecule has 0 aliphatic rings. The van der Waals surface area contributed by atoms with Crippen molar-refractivity contribution in [2.24, 2.45) is 7.05 Å². The fraction of sp³-hybridized carbons (Fsp3) is 0.333. The highest BCUT2D eigenvalue weighted by molar-refractivity contribution is 5.50. The molecule has 0 aliphatic carbocycles. The number of nitrogens with zero attached hydrogens (tertiary/aromatic N) is 3. The van der Waals surface area contributed by atoms with Crippen molar-refractivity contribution in [1.29, 1.82) is 0 Å². The highest BCUT2D eigenvalue weighted by atomic mass is 16.5. The lowest BCUT2D eigenvalue weighted by Crippen LogP contribution is -1.97. The van der Waals surface area contributed by atoms with E-state index in [-0.39, 0.29) is 6.01 Å². The van der Waals surface area contributed by atoms with Crippen molar-refractivity contribution in [3.63, 3.8) is 0 Å². The number of nitrogens with two attached hydrogens (primary N) is 1. The van der Waals surface area contributed by atoms with Crippen LogP contribution in [-0.2, 0) is 7.05 Å². The first-order valence-electron chi connectivity index (χ1n) is 5.74. The van der Waals surface area contributed by atoms with E-state index in [0.717, 1.165) is 6.42 Å². The summed E-state index contributed by atoms with van der Waals surface area (Å²) in [7, 11) is 1.77. The summed E-state index contributed by atoms with van der Waals surface area (Å²) in [6, 6.07) is 5.51. The molecule has 0 saturated carbocycles. The van der Waals surface area contributed by atoms with E-state index < -0.39 is 0 Å². The van der Waals surface area contributed by atoms with Crippen molar-refractivity contribution in [2.45, 2.75) is 13.3 Å². The molecule has 0 spiro atoms. The van der Waals surface area contributed by atoms with Crippen LogP contribution in [0.4, 0.5) is 5.69 Å². The Hall–Kier alpha value is -2.24. The lowest BCUT2D eigenvalue weighted by Gasteiger charge is -2.08. The number of hydrogen-bond acceptors (Lipinski definition) is 5. The molecule has 1 aromatic carbocycles. The normalized spacial score (nSPS) is 10.3. The van der Waals surface area contributed by atoms with Gasteiger partial charge in [0.25, 0.3) is 0 Å². The Morgan fingerprint density at radius 3 is 2.72 bits per heavy atom. The molecular formula is C12H16N4O2. The van der Waals surface area contributed by atoms with E-state index in [0.29, 0.717) is 23.8 Å². The standard InChI is InChI=1S/C12H16N4O2/c1-3-4-17-10-5-9(13)6-11(7-10)18-12-14-8-16(2)15-12/h5-8H,3-4,13H2,1-2H3. The van der Waals surface area contributed by atoms with Gasteiger partial charge < -0.3 is 15.2 Å². The molecule has 0 amide bonds. The molecule has 0 radical (unpaired) electrons. The highest BCUT2D eigenvalue weighted by Crippen LogP contribution is 2.27. The van der Waals surface area contributed by atoms with E-state index in [4.69, 9.17) is 15.2 Å². The summed E-state index contributed by atoms with van der Waals surface area (Å²) in [6.07, 6.45) is 2.50. The lowest BCUT2D eigenvalue weighted by atomic mass is 10.3. The second-order valence-electron chi connectivity index (χ2n) is 3.89. The van der Waals surface area contributed by atoms with Gasteiger partial charge >= 0.3 is 6.01 Å². The molecule has 96 valence electrons. The van der Waals surface area contributed by atoms with Gasteiger partial charge in [0, 0.05) is 30.9 Å². The van der Waals surface area contributed by atoms with Gasteiger partial charge in [-0.2, -0.15) is 4.98 Å². The Kier molecular flexibility index (Phi) is 3.66. The van der Waals surface area contributed by atoms with Gasteiger partial charge in [-0.15, -0.1) is 5.10 Å². The lowest BCUT2D eigenvalue weighted by molar-refractivity contribution is 0.315. The molecule has 0 atom stereocenters. The van der Waals surface area contributed by atoms with E-state index >= 15 is 0 Å². The highest BCUT2D eigenvalue weighted by Gasteiger charge is 2.05. The molecule has 0 unspecified atom stereocenters. The molecule has 2 rings (SSSR count). The maximum absolute atomic E-state index is 5.78. The maximum atomic E-state index is 5.78. The van der Waals surface area contributed by atoms with Gasteiger partial charge in [0.1, 0.15) is 17.8 Å². The predicted molar refractivity (Wildman–Crippen MR) is 67.7 cm³/mol. The van der Waals surface area contributed by atoms with Gasteiger partial charge in [-0.3, -0.25) is 4.68 Å².